The van der Waals surface area contributed by atoms with Crippen molar-refractivity contribution in [3.63, 3.8) is 0 Å². The average Bonchev–Trinajstić information content (AvgIpc) is 2.92. The number of hydrogen-bond acceptors (Lipinski definition) is 5. The zero-order chi connectivity index (χ0) is 16.6. The zero-order valence-corrected chi connectivity index (χ0v) is 14.4. The van der Waals surface area contributed by atoms with E-state index in [2.05, 4.69) is 15.0 Å². The molecule has 3 rings (SSSR count). The summed E-state index contributed by atoms with van der Waals surface area (Å²) >= 11 is 0. The Morgan fingerprint density at radius 2 is 1.91 bits per heavy atom. The fraction of sp³-hybridized carbons (Fsp3) is 0.533. The van der Waals surface area contributed by atoms with Gasteiger partial charge in [-0.1, -0.05) is 0 Å². The first-order valence-corrected chi connectivity index (χ1v) is 9.48. The standard InChI is InChI=1S/C15H21N5O2S/c1-11-17-13(10-14(18-11)15-16-6-9-19(15)2)12-4-7-20(8-5-12)23(3,21)22/h6,9-10,12H,4-5,7-8H2,1-3H3. The van der Waals surface area contributed by atoms with Gasteiger partial charge in [0.2, 0.25) is 10.0 Å². The Balaban J connectivity index is 1.85. The van der Waals surface area contributed by atoms with Crippen LogP contribution in [0.5, 0.6) is 0 Å². The molecular formula is C15H21N5O2S. The van der Waals surface area contributed by atoms with E-state index in [1.165, 1.54) is 10.6 Å². The van der Waals surface area contributed by atoms with Crippen molar-refractivity contribution in [1.29, 1.82) is 0 Å². The SMILES string of the molecule is Cc1nc(-c2nccn2C)cc(C2CCN(S(C)(=O)=O)CC2)n1. The van der Waals surface area contributed by atoms with Crippen LogP contribution in [0.4, 0.5) is 0 Å². The zero-order valence-electron chi connectivity index (χ0n) is 13.6. The molecule has 1 fully saturated rings. The van der Waals surface area contributed by atoms with E-state index in [1.807, 2.05) is 30.8 Å². The maximum Gasteiger partial charge on any atom is 0.211 e. The molecule has 0 aliphatic carbocycles. The lowest BCUT2D eigenvalue weighted by Gasteiger charge is -2.30. The number of piperidine rings is 1. The van der Waals surface area contributed by atoms with Gasteiger partial charge in [-0.3, -0.25) is 0 Å². The van der Waals surface area contributed by atoms with Crippen LogP contribution in [0.2, 0.25) is 0 Å². The number of sulfonamides is 1. The smallest absolute Gasteiger partial charge is 0.211 e. The minimum absolute atomic E-state index is 0.258. The molecule has 1 aliphatic rings. The van der Waals surface area contributed by atoms with Crippen LogP contribution in [0.1, 0.15) is 30.3 Å². The molecule has 0 saturated carbocycles. The molecule has 0 aromatic carbocycles. The summed E-state index contributed by atoms with van der Waals surface area (Å²) in [6.45, 7) is 2.97. The van der Waals surface area contributed by atoms with Crippen molar-refractivity contribution in [1.82, 2.24) is 23.8 Å². The van der Waals surface area contributed by atoms with Crippen LogP contribution in [0.3, 0.4) is 0 Å². The second-order valence-corrected chi connectivity index (χ2v) is 8.01. The van der Waals surface area contributed by atoms with Gasteiger partial charge < -0.3 is 4.57 Å². The number of hydrogen-bond donors (Lipinski definition) is 0. The molecule has 0 atom stereocenters. The highest BCUT2D eigenvalue weighted by molar-refractivity contribution is 7.88. The van der Waals surface area contributed by atoms with Crippen molar-refractivity contribution < 1.29 is 8.42 Å². The van der Waals surface area contributed by atoms with Gasteiger partial charge in [-0.2, -0.15) is 0 Å². The van der Waals surface area contributed by atoms with Crippen molar-refractivity contribution in [2.45, 2.75) is 25.7 Å². The third-order valence-electron chi connectivity index (χ3n) is 4.25. The van der Waals surface area contributed by atoms with Crippen LogP contribution in [0.25, 0.3) is 11.5 Å². The van der Waals surface area contributed by atoms with E-state index in [4.69, 9.17) is 0 Å². The van der Waals surface area contributed by atoms with Gasteiger partial charge >= 0.3 is 0 Å². The van der Waals surface area contributed by atoms with Gasteiger partial charge in [0.25, 0.3) is 0 Å². The Morgan fingerprint density at radius 3 is 2.48 bits per heavy atom. The highest BCUT2D eigenvalue weighted by atomic mass is 32.2. The normalized spacial score (nSPS) is 17.5. The molecule has 0 unspecified atom stereocenters. The summed E-state index contributed by atoms with van der Waals surface area (Å²) in [5.41, 5.74) is 1.79. The van der Waals surface area contributed by atoms with Crippen LogP contribution in [0, 0.1) is 6.92 Å². The fourth-order valence-corrected chi connectivity index (χ4v) is 3.88. The molecule has 1 aliphatic heterocycles. The minimum atomic E-state index is -3.10. The molecule has 0 bridgehead atoms. The van der Waals surface area contributed by atoms with Crippen molar-refractivity contribution >= 4 is 10.0 Å². The first-order chi connectivity index (χ1) is 10.8. The summed E-state index contributed by atoms with van der Waals surface area (Å²) in [7, 11) is -1.17. The quantitative estimate of drug-likeness (QED) is 0.845. The summed E-state index contributed by atoms with van der Waals surface area (Å²) in [6.07, 6.45) is 6.46. The van der Waals surface area contributed by atoms with E-state index < -0.39 is 10.0 Å². The predicted molar refractivity (Wildman–Crippen MR) is 87.4 cm³/mol. The lowest BCUT2D eigenvalue weighted by Crippen LogP contribution is -2.37. The molecule has 0 amide bonds. The number of imidazole rings is 1. The third-order valence-corrected chi connectivity index (χ3v) is 5.55. The van der Waals surface area contributed by atoms with E-state index in [-0.39, 0.29) is 5.92 Å². The molecular weight excluding hydrogens is 314 g/mol. The van der Waals surface area contributed by atoms with Gasteiger partial charge in [-0.05, 0) is 25.8 Å². The third kappa shape index (κ3) is 3.42. The van der Waals surface area contributed by atoms with E-state index in [1.54, 1.807) is 6.20 Å². The molecule has 0 N–H and O–H groups in total. The van der Waals surface area contributed by atoms with Gasteiger partial charge in [0.1, 0.15) is 11.5 Å². The molecule has 0 spiro atoms. The van der Waals surface area contributed by atoms with Gasteiger partial charge in [0, 0.05) is 44.1 Å². The van der Waals surface area contributed by atoms with Crippen LogP contribution >= 0.6 is 0 Å². The van der Waals surface area contributed by atoms with E-state index in [0.29, 0.717) is 18.9 Å². The van der Waals surface area contributed by atoms with Crippen LogP contribution in [0.15, 0.2) is 18.5 Å². The molecule has 8 heteroatoms. The Kier molecular flexibility index (Phi) is 4.20. The molecule has 23 heavy (non-hydrogen) atoms. The fourth-order valence-electron chi connectivity index (χ4n) is 3.01. The molecule has 7 nitrogen and oxygen atoms in total. The molecule has 3 heterocycles. The van der Waals surface area contributed by atoms with Crippen LogP contribution < -0.4 is 0 Å². The Morgan fingerprint density at radius 1 is 1.22 bits per heavy atom. The summed E-state index contributed by atoms with van der Waals surface area (Å²) in [5.74, 6) is 1.78. The molecule has 2 aromatic heterocycles. The first-order valence-electron chi connectivity index (χ1n) is 7.63. The van der Waals surface area contributed by atoms with Gasteiger partial charge in [0.15, 0.2) is 5.82 Å². The maximum atomic E-state index is 11.6. The van der Waals surface area contributed by atoms with Gasteiger partial charge in [-0.15, -0.1) is 0 Å². The Labute approximate surface area is 136 Å². The lowest BCUT2D eigenvalue weighted by molar-refractivity contribution is 0.318. The Bertz CT molecular complexity index is 807. The molecule has 2 aromatic rings. The number of aryl methyl sites for hydroxylation is 2. The summed E-state index contributed by atoms with van der Waals surface area (Å²) in [6, 6.07) is 1.98. The number of nitrogens with zero attached hydrogens (tertiary/aromatic N) is 5. The first kappa shape index (κ1) is 16.1. The van der Waals surface area contributed by atoms with E-state index >= 15 is 0 Å². The van der Waals surface area contributed by atoms with Crippen molar-refractivity contribution in [3.05, 3.63) is 30.0 Å². The predicted octanol–water partition coefficient (Wildman–Crippen LogP) is 1.32. The van der Waals surface area contributed by atoms with E-state index in [9.17, 15) is 8.42 Å². The van der Waals surface area contributed by atoms with Crippen LogP contribution in [-0.4, -0.2) is 51.6 Å². The largest absolute Gasteiger partial charge is 0.333 e. The highest BCUT2D eigenvalue weighted by Gasteiger charge is 2.27. The van der Waals surface area contributed by atoms with Crippen LogP contribution in [-0.2, 0) is 17.1 Å². The lowest BCUT2D eigenvalue weighted by atomic mass is 9.94. The van der Waals surface area contributed by atoms with E-state index in [0.717, 1.165) is 30.1 Å². The summed E-state index contributed by atoms with van der Waals surface area (Å²) in [4.78, 5) is 13.4. The average molecular weight is 335 g/mol. The molecule has 124 valence electrons. The topological polar surface area (TPSA) is 81.0 Å². The van der Waals surface area contributed by atoms with Crippen molar-refractivity contribution in [2.24, 2.45) is 7.05 Å². The number of rotatable bonds is 3. The molecule has 0 radical (unpaired) electrons. The van der Waals surface area contributed by atoms with Gasteiger partial charge in [-0.25, -0.2) is 27.7 Å². The van der Waals surface area contributed by atoms with Gasteiger partial charge in [0.05, 0.1) is 6.26 Å². The summed E-state index contributed by atoms with van der Waals surface area (Å²) in [5, 5.41) is 0. The Hall–Kier alpha value is -1.80. The maximum absolute atomic E-state index is 11.6. The second kappa shape index (κ2) is 6.01. The highest BCUT2D eigenvalue weighted by Crippen LogP contribution is 2.29. The van der Waals surface area contributed by atoms with Crippen molar-refractivity contribution in [3.8, 4) is 11.5 Å². The molecule has 1 saturated heterocycles. The summed E-state index contributed by atoms with van der Waals surface area (Å²) < 4.78 is 26.7. The van der Waals surface area contributed by atoms with Crippen molar-refractivity contribution in [2.75, 3.05) is 19.3 Å². The second-order valence-electron chi connectivity index (χ2n) is 6.02. The minimum Gasteiger partial charge on any atom is -0.333 e. The monoisotopic (exact) mass is 335 g/mol. The number of aromatic nitrogens is 4.